The van der Waals surface area contributed by atoms with Gasteiger partial charge in [-0.3, -0.25) is 0 Å². The van der Waals surface area contributed by atoms with Crippen LogP contribution in [0.25, 0.3) is 0 Å². The number of ether oxygens (including phenoxy) is 1. The number of anilines is 1. The number of hydrogen-bond donors (Lipinski definition) is 1. The first-order chi connectivity index (χ1) is 12.2. The number of amides is 2. The molecule has 1 N–H and O–H groups in total. The summed E-state index contributed by atoms with van der Waals surface area (Å²) in [7, 11) is 1.65. The highest BCUT2D eigenvalue weighted by atomic mass is 19.1. The topological polar surface area (TPSA) is 41.6 Å². The molecule has 5 heteroatoms. The third-order valence-corrected chi connectivity index (χ3v) is 4.64. The van der Waals surface area contributed by atoms with Gasteiger partial charge in [0, 0.05) is 24.7 Å². The normalized spacial score (nSPS) is 17.7. The van der Waals surface area contributed by atoms with Gasteiger partial charge >= 0.3 is 6.03 Å². The lowest BCUT2D eigenvalue weighted by atomic mass is 9.94. The fourth-order valence-electron chi connectivity index (χ4n) is 3.21. The van der Waals surface area contributed by atoms with Crippen LogP contribution in [-0.2, 0) is 0 Å². The molecule has 3 rings (SSSR count). The first kappa shape index (κ1) is 17.3. The molecule has 4 nitrogen and oxygen atoms in total. The van der Waals surface area contributed by atoms with Gasteiger partial charge in [0.2, 0.25) is 0 Å². The molecule has 132 valence electrons. The van der Waals surface area contributed by atoms with E-state index >= 15 is 0 Å². The molecule has 2 amide bonds. The first-order valence-electron chi connectivity index (χ1n) is 8.61. The predicted molar refractivity (Wildman–Crippen MR) is 96.6 cm³/mol. The van der Waals surface area contributed by atoms with Gasteiger partial charge in [0.15, 0.2) is 0 Å². The Bertz CT molecular complexity index is 701. The van der Waals surface area contributed by atoms with Crippen molar-refractivity contribution in [3.63, 3.8) is 0 Å². The summed E-state index contributed by atoms with van der Waals surface area (Å²) in [6.07, 6.45) is 3.15. The van der Waals surface area contributed by atoms with Gasteiger partial charge < -0.3 is 15.0 Å². The zero-order valence-corrected chi connectivity index (χ0v) is 14.4. The molecule has 1 saturated heterocycles. The molecule has 1 heterocycles. The van der Waals surface area contributed by atoms with Crippen LogP contribution in [0.2, 0.25) is 0 Å². The molecule has 2 aromatic carbocycles. The lowest BCUT2D eigenvalue weighted by Crippen LogP contribution is -2.37. The maximum Gasteiger partial charge on any atom is 0.321 e. The van der Waals surface area contributed by atoms with Gasteiger partial charge in [-0.25, -0.2) is 9.18 Å². The zero-order valence-electron chi connectivity index (χ0n) is 14.4. The van der Waals surface area contributed by atoms with E-state index in [0.717, 1.165) is 31.6 Å². The minimum Gasteiger partial charge on any atom is -0.497 e. The van der Waals surface area contributed by atoms with E-state index in [1.807, 2.05) is 17.0 Å². The maximum atomic E-state index is 13.0. The van der Waals surface area contributed by atoms with Crippen LogP contribution in [0.3, 0.4) is 0 Å². The van der Waals surface area contributed by atoms with Gasteiger partial charge in [-0.1, -0.05) is 18.6 Å². The van der Waals surface area contributed by atoms with Gasteiger partial charge in [0.05, 0.1) is 7.11 Å². The zero-order chi connectivity index (χ0) is 17.6. The standard InChI is InChI=1S/C20H23FN2O2/c1-25-19-11-5-15(6-12-19)16-4-2-3-13-23(14-16)20(24)22-18-9-7-17(21)8-10-18/h5-12,16H,2-4,13-14H2,1H3,(H,22,24). The number of nitrogens with zero attached hydrogens (tertiary/aromatic N) is 1. The molecule has 1 unspecified atom stereocenters. The summed E-state index contributed by atoms with van der Waals surface area (Å²) in [5.74, 6) is 0.836. The Morgan fingerprint density at radius 3 is 2.52 bits per heavy atom. The SMILES string of the molecule is COc1ccc(C2CCCCN(C(=O)Nc3ccc(F)cc3)C2)cc1. The summed E-state index contributed by atoms with van der Waals surface area (Å²) in [4.78, 5) is 14.4. The Labute approximate surface area is 147 Å². The van der Waals surface area contributed by atoms with Crippen molar-refractivity contribution in [3.8, 4) is 5.75 Å². The molecule has 2 aromatic rings. The first-order valence-corrected chi connectivity index (χ1v) is 8.61. The van der Waals surface area contributed by atoms with E-state index in [4.69, 9.17) is 4.74 Å². The quantitative estimate of drug-likeness (QED) is 0.883. The van der Waals surface area contributed by atoms with Gasteiger partial charge in [-0.2, -0.15) is 0 Å². The molecular weight excluding hydrogens is 319 g/mol. The molecular formula is C20H23FN2O2. The van der Waals surface area contributed by atoms with Crippen molar-refractivity contribution in [2.24, 2.45) is 0 Å². The second-order valence-corrected chi connectivity index (χ2v) is 6.35. The predicted octanol–water partition coefficient (Wildman–Crippen LogP) is 4.64. The number of likely N-dealkylation sites (tertiary alicyclic amines) is 1. The van der Waals surface area contributed by atoms with Crippen molar-refractivity contribution < 1.29 is 13.9 Å². The number of rotatable bonds is 3. The fraction of sp³-hybridized carbons (Fsp3) is 0.350. The van der Waals surface area contributed by atoms with Crippen LogP contribution >= 0.6 is 0 Å². The van der Waals surface area contributed by atoms with Gasteiger partial charge in [-0.05, 0) is 54.8 Å². The van der Waals surface area contributed by atoms with Crippen molar-refractivity contribution in [2.75, 3.05) is 25.5 Å². The molecule has 0 saturated carbocycles. The van der Waals surface area contributed by atoms with Crippen LogP contribution in [0, 0.1) is 5.82 Å². The Hall–Kier alpha value is -2.56. The van der Waals surface area contributed by atoms with Crippen LogP contribution in [0.15, 0.2) is 48.5 Å². The van der Waals surface area contributed by atoms with Crippen molar-refractivity contribution in [1.29, 1.82) is 0 Å². The van der Waals surface area contributed by atoms with E-state index in [9.17, 15) is 9.18 Å². The second kappa shape index (κ2) is 8.01. The molecule has 0 aromatic heterocycles. The molecule has 0 aliphatic carbocycles. The lowest BCUT2D eigenvalue weighted by Gasteiger charge is -2.25. The van der Waals surface area contributed by atoms with Crippen LogP contribution in [0.1, 0.15) is 30.7 Å². The van der Waals surface area contributed by atoms with E-state index in [-0.39, 0.29) is 11.8 Å². The minimum absolute atomic E-state index is 0.132. The summed E-state index contributed by atoms with van der Waals surface area (Å²) in [5.41, 5.74) is 1.83. The average Bonchev–Trinajstić information content (AvgIpc) is 2.90. The Morgan fingerprint density at radius 2 is 1.84 bits per heavy atom. The largest absolute Gasteiger partial charge is 0.497 e. The molecule has 1 aliphatic heterocycles. The van der Waals surface area contributed by atoms with E-state index in [1.165, 1.54) is 17.7 Å². The van der Waals surface area contributed by atoms with Crippen LogP contribution in [0.5, 0.6) is 5.75 Å². The van der Waals surface area contributed by atoms with Crippen LogP contribution in [-0.4, -0.2) is 31.1 Å². The number of halogens is 1. The summed E-state index contributed by atoms with van der Waals surface area (Å²) in [6, 6.07) is 13.8. The smallest absolute Gasteiger partial charge is 0.321 e. The van der Waals surface area contributed by atoms with E-state index < -0.39 is 0 Å². The Morgan fingerprint density at radius 1 is 1.12 bits per heavy atom. The number of urea groups is 1. The molecule has 0 spiro atoms. The van der Waals surface area contributed by atoms with E-state index in [0.29, 0.717) is 18.2 Å². The van der Waals surface area contributed by atoms with Crippen molar-refractivity contribution in [3.05, 3.63) is 59.9 Å². The van der Waals surface area contributed by atoms with Crippen molar-refractivity contribution in [1.82, 2.24) is 4.90 Å². The highest BCUT2D eigenvalue weighted by molar-refractivity contribution is 5.89. The molecule has 1 aliphatic rings. The molecule has 25 heavy (non-hydrogen) atoms. The molecule has 1 fully saturated rings. The number of hydrogen-bond acceptors (Lipinski definition) is 2. The van der Waals surface area contributed by atoms with E-state index in [2.05, 4.69) is 17.4 Å². The number of carbonyl (C=O) groups is 1. The summed E-state index contributed by atoms with van der Waals surface area (Å²) in [5, 5.41) is 2.86. The number of methoxy groups -OCH3 is 1. The summed E-state index contributed by atoms with van der Waals surface area (Å²) in [6.45, 7) is 1.42. The average molecular weight is 342 g/mol. The van der Waals surface area contributed by atoms with E-state index in [1.54, 1.807) is 19.2 Å². The lowest BCUT2D eigenvalue weighted by molar-refractivity contribution is 0.211. The van der Waals surface area contributed by atoms with Gasteiger partial charge in [-0.15, -0.1) is 0 Å². The highest BCUT2D eigenvalue weighted by Gasteiger charge is 2.23. The minimum atomic E-state index is -0.313. The van der Waals surface area contributed by atoms with Gasteiger partial charge in [0.25, 0.3) is 0 Å². The fourth-order valence-corrected chi connectivity index (χ4v) is 3.21. The maximum absolute atomic E-state index is 13.0. The molecule has 0 bridgehead atoms. The number of nitrogens with one attached hydrogen (secondary N) is 1. The Kier molecular flexibility index (Phi) is 5.53. The number of carbonyl (C=O) groups excluding carboxylic acids is 1. The monoisotopic (exact) mass is 342 g/mol. The van der Waals surface area contributed by atoms with Crippen LogP contribution in [0.4, 0.5) is 14.9 Å². The van der Waals surface area contributed by atoms with Crippen molar-refractivity contribution >= 4 is 11.7 Å². The molecule has 0 radical (unpaired) electrons. The number of benzene rings is 2. The second-order valence-electron chi connectivity index (χ2n) is 6.35. The molecule has 1 atom stereocenters. The highest BCUT2D eigenvalue weighted by Crippen LogP contribution is 2.28. The summed E-state index contributed by atoms with van der Waals surface area (Å²) >= 11 is 0. The van der Waals surface area contributed by atoms with Gasteiger partial charge in [0.1, 0.15) is 11.6 Å². The Balaban J connectivity index is 1.67. The third kappa shape index (κ3) is 4.50. The van der Waals surface area contributed by atoms with Crippen LogP contribution < -0.4 is 10.1 Å². The third-order valence-electron chi connectivity index (χ3n) is 4.64. The van der Waals surface area contributed by atoms with Crippen molar-refractivity contribution in [2.45, 2.75) is 25.2 Å². The summed E-state index contributed by atoms with van der Waals surface area (Å²) < 4.78 is 18.2.